The zero-order chi connectivity index (χ0) is 19.9. The van der Waals surface area contributed by atoms with Gasteiger partial charge in [-0.1, -0.05) is 41.4 Å². The summed E-state index contributed by atoms with van der Waals surface area (Å²) >= 11 is 11.8. The first-order valence-electron chi connectivity index (χ1n) is 8.37. The Hall–Kier alpha value is -3.02. The minimum Gasteiger partial charge on any atom is -0.457 e. The van der Waals surface area contributed by atoms with E-state index in [1.54, 1.807) is 30.3 Å². The minimum atomic E-state index is -0.455. The zero-order valence-electron chi connectivity index (χ0n) is 14.6. The molecule has 0 spiro atoms. The summed E-state index contributed by atoms with van der Waals surface area (Å²) in [7, 11) is 0. The number of carbonyl (C=O) groups excluding carboxylic acids is 2. The Balaban J connectivity index is 1.51. The summed E-state index contributed by atoms with van der Waals surface area (Å²) in [4.78, 5) is 24.2. The Kier molecular flexibility index (Phi) is 6.53. The van der Waals surface area contributed by atoms with E-state index in [9.17, 15) is 9.59 Å². The quantitative estimate of drug-likeness (QED) is 0.585. The summed E-state index contributed by atoms with van der Waals surface area (Å²) < 4.78 is 5.69. The minimum absolute atomic E-state index is 0.194. The number of halogens is 2. The van der Waals surface area contributed by atoms with Crippen LogP contribution in [0.1, 0.15) is 10.4 Å². The maximum absolute atomic E-state index is 12.1. The fourth-order valence-electron chi connectivity index (χ4n) is 2.37. The number of benzene rings is 3. The second kappa shape index (κ2) is 9.26. The number of amides is 2. The Morgan fingerprint density at radius 3 is 2.21 bits per heavy atom. The fraction of sp³-hybridized carbons (Fsp3) is 0.0476. The molecule has 3 aromatic carbocycles. The molecule has 5 nitrogen and oxygen atoms in total. The molecule has 0 aliphatic heterocycles. The average molecular weight is 415 g/mol. The molecule has 0 atom stereocenters. The molecule has 0 bridgehead atoms. The van der Waals surface area contributed by atoms with E-state index in [0.29, 0.717) is 16.5 Å². The summed E-state index contributed by atoms with van der Waals surface area (Å²) in [6.07, 6.45) is 0. The molecule has 2 amide bonds. The predicted octanol–water partition coefficient (Wildman–Crippen LogP) is 5.15. The fourth-order valence-corrected chi connectivity index (χ4v) is 2.86. The second-order valence-electron chi connectivity index (χ2n) is 5.79. The molecular formula is C21H16Cl2N2O3. The van der Waals surface area contributed by atoms with Crippen LogP contribution in [0.5, 0.6) is 11.5 Å². The van der Waals surface area contributed by atoms with Crippen LogP contribution >= 0.6 is 23.2 Å². The third kappa shape index (κ3) is 5.49. The van der Waals surface area contributed by atoms with E-state index in [2.05, 4.69) is 10.6 Å². The van der Waals surface area contributed by atoms with Crippen molar-refractivity contribution in [1.29, 1.82) is 0 Å². The molecule has 7 heteroatoms. The highest BCUT2D eigenvalue weighted by Crippen LogP contribution is 2.23. The standard InChI is InChI=1S/C21H16Cl2N2O3/c22-14-6-11-18(19(23)12-14)21(27)24-13-20(26)25-15-7-9-17(10-8-15)28-16-4-2-1-3-5-16/h1-12H,13H2,(H,24,27)(H,25,26). The molecule has 0 heterocycles. The summed E-state index contributed by atoms with van der Waals surface area (Å²) in [5.41, 5.74) is 0.838. The van der Waals surface area contributed by atoms with Crippen LogP contribution in [0.3, 0.4) is 0 Å². The lowest BCUT2D eigenvalue weighted by Gasteiger charge is -2.09. The molecule has 142 valence electrons. The second-order valence-corrected chi connectivity index (χ2v) is 6.64. The first-order valence-corrected chi connectivity index (χ1v) is 9.13. The highest BCUT2D eigenvalue weighted by Gasteiger charge is 2.12. The van der Waals surface area contributed by atoms with Gasteiger partial charge in [-0.15, -0.1) is 0 Å². The summed E-state index contributed by atoms with van der Waals surface area (Å²) in [6.45, 7) is -0.194. The summed E-state index contributed by atoms with van der Waals surface area (Å²) in [5.74, 6) is 0.552. The van der Waals surface area contributed by atoms with Crippen LogP contribution in [0, 0.1) is 0 Å². The van der Waals surface area contributed by atoms with Crippen LogP contribution in [-0.2, 0) is 4.79 Å². The lowest BCUT2D eigenvalue weighted by Crippen LogP contribution is -2.33. The molecule has 0 unspecified atom stereocenters. The average Bonchev–Trinajstić information content (AvgIpc) is 2.68. The smallest absolute Gasteiger partial charge is 0.253 e. The van der Waals surface area contributed by atoms with E-state index in [1.165, 1.54) is 12.1 Å². The lowest BCUT2D eigenvalue weighted by molar-refractivity contribution is -0.115. The number of carbonyl (C=O) groups is 2. The number of ether oxygens (including phenoxy) is 1. The van der Waals surface area contributed by atoms with Crippen molar-refractivity contribution < 1.29 is 14.3 Å². The molecule has 2 N–H and O–H groups in total. The Bertz CT molecular complexity index is 977. The van der Waals surface area contributed by atoms with E-state index < -0.39 is 5.91 Å². The molecule has 0 aliphatic carbocycles. The van der Waals surface area contributed by atoms with Crippen molar-refractivity contribution in [3.63, 3.8) is 0 Å². The van der Waals surface area contributed by atoms with E-state index >= 15 is 0 Å². The molecule has 0 aliphatic rings. The Labute approximate surface area is 172 Å². The van der Waals surface area contributed by atoms with Crippen LogP contribution in [0.15, 0.2) is 72.8 Å². The maximum Gasteiger partial charge on any atom is 0.253 e. The Morgan fingerprint density at radius 2 is 1.54 bits per heavy atom. The van der Waals surface area contributed by atoms with Gasteiger partial charge in [-0.25, -0.2) is 0 Å². The van der Waals surface area contributed by atoms with E-state index in [1.807, 2.05) is 30.3 Å². The monoisotopic (exact) mass is 414 g/mol. The van der Waals surface area contributed by atoms with E-state index in [0.717, 1.165) is 5.75 Å². The number of rotatable bonds is 6. The van der Waals surface area contributed by atoms with E-state index in [-0.39, 0.29) is 23.0 Å². The van der Waals surface area contributed by atoms with Crippen molar-refractivity contribution in [1.82, 2.24) is 5.32 Å². The number of hydrogen-bond donors (Lipinski definition) is 2. The van der Waals surface area contributed by atoms with Gasteiger partial charge < -0.3 is 15.4 Å². The molecule has 0 radical (unpaired) electrons. The SMILES string of the molecule is O=C(CNC(=O)c1ccc(Cl)cc1Cl)Nc1ccc(Oc2ccccc2)cc1. The van der Waals surface area contributed by atoms with Crippen molar-refractivity contribution in [3.05, 3.63) is 88.4 Å². The molecule has 3 aromatic rings. The highest BCUT2D eigenvalue weighted by atomic mass is 35.5. The van der Waals surface area contributed by atoms with Gasteiger partial charge in [-0.2, -0.15) is 0 Å². The Morgan fingerprint density at radius 1 is 0.857 bits per heavy atom. The highest BCUT2D eigenvalue weighted by molar-refractivity contribution is 6.36. The maximum atomic E-state index is 12.1. The molecule has 0 aromatic heterocycles. The van der Waals surface area contributed by atoms with Crippen molar-refractivity contribution in [3.8, 4) is 11.5 Å². The van der Waals surface area contributed by atoms with Crippen molar-refractivity contribution in [2.45, 2.75) is 0 Å². The van der Waals surface area contributed by atoms with Crippen LogP contribution in [-0.4, -0.2) is 18.4 Å². The number of hydrogen-bond acceptors (Lipinski definition) is 3. The third-order valence-corrected chi connectivity index (χ3v) is 4.25. The molecule has 0 saturated heterocycles. The topological polar surface area (TPSA) is 67.4 Å². The molecular weight excluding hydrogens is 399 g/mol. The molecule has 0 saturated carbocycles. The zero-order valence-corrected chi connectivity index (χ0v) is 16.1. The van der Waals surface area contributed by atoms with Gasteiger partial charge in [0.05, 0.1) is 17.1 Å². The van der Waals surface area contributed by atoms with Crippen LogP contribution in [0.25, 0.3) is 0 Å². The van der Waals surface area contributed by atoms with E-state index in [4.69, 9.17) is 27.9 Å². The van der Waals surface area contributed by atoms with Gasteiger partial charge >= 0.3 is 0 Å². The van der Waals surface area contributed by atoms with Gasteiger partial charge in [-0.05, 0) is 54.6 Å². The van der Waals surface area contributed by atoms with Crippen molar-refractivity contribution >= 4 is 40.7 Å². The van der Waals surface area contributed by atoms with Crippen molar-refractivity contribution in [2.24, 2.45) is 0 Å². The number of anilines is 1. The third-order valence-electron chi connectivity index (χ3n) is 3.70. The van der Waals surface area contributed by atoms with Crippen LogP contribution < -0.4 is 15.4 Å². The van der Waals surface area contributed by atoms with Gasteiger partial charge in [-0.3, -0.25) is 9.59 Å². The van der Waals surface area contributed by atoms with Crippen LogP contribution in [0.4, 0.5) is 5.69 Å². The summed E-state index contributed by atoms with van der Waals surface area (Å²) in [5, 5.41) is 5.87. The van der Waals surface area contributed by atoms with Gasteiger partial charge in [0, 0.05) is 10.7 Å². The first-order chi connectivity index (χ1) is 13.5. The first kappa shape index (κ1) is 19.7. The van der Waals surface area contributed by atoms with Gasteiger partial charge in [0.15, 0.2) is 0 Å². The van der Waals surface area contributed by atoms with Crippen LogP contribution in [0.2, 0.25) is 10.0 Å². The largest absolute Gasteiger partial charge is 0.457 e. The molecule has 28 heavy (non-hydrogen) atoms. The lowest BCUT2D eigenvalue weighted by atomic mass is 10.2. The summed E-state index contributed by atoms with van der Waals surface area (Å²) in [6, 6.07) is 20.8. The van der Waals surface area contributed by atoms with Gasteiger partial charge in [0.2, 0.25) is 5.91 Å². The normalized spacial score (nSPS) is 10.2. The molecule has 0 fully saturated rings. The molecule has 3 rings (SSSR count). The number of nitrogens with one attached hydrogen (secondary N) is 2. The van der Waals surface area contributed by atoms with Gasteiger partial charge in [0.1, 0.15) is 11.5 Å². The predicted molar refractivity (Wildman–Crippen MR) is 110 cm³/mol. The number of para-hydroxylation sites is 1. The van der Waals surface area contributed by atoms with Gasteiger partial charge in [0.25, 0.3) is 5.91 Å². The van der Waals surface area contributed by atoms with Crippen molar-refractivity contribution in [2.75, 3.05) is 11.9 Å².